The summed E-state index contributed by atoms with van der Waals surface area (Å²) in [5.74, 6) is 0.980. The van der Waals surface area contributed by atoms with Crippen LogP contribution in [0.2, 0.25) is 0 Å². The lowest BCUT2D eigenvalue weighted by atomic mass is 10.0. The van der Waals surface area contributed by atoms with Crippen molar-refractivity contribution < 1.29 is 28.5 Å². The van der Waals surface area contributed by atoms with Crippen molar-refractivity contribution in [3.8, 4) is 17.2 Å². The zero-order valence-corrected chi connectivity index (χ0v) is 18.8. The monoisotopic (exact) mass is 485 g/mol. The molecule has 0 atom stereocenters. The first-order chi connectivity index (χ1) is 14.9. The molecular formula is C23H20BrNO6. The first-order valence-electron chi connectivity index (χ1n) is 9.62. The molecule has 0 aliphatic carbocycles. The second-order valence-corrected chi connectivity index (χ2v) is 7.66. The van der Waals surface area contributed by atoms with Crippen LogP contribution in [0.15, 0.2) is 57.7 Å². The quantitative estimate of drug-likeness (QED) is 0.459. The minimum Gasteiger partial charge on any atom is -0.494 e. The Morgan fingerprint density at radius 1 is 1.19 bits per heavy atom. The van der Waals surface area contributed by atoms with Gasteiger partial charge in [-0.05, 0) is 61.9 Å². The van der Waals surface area contributed by atoms with Gasteiger partial charge < -0.3 is 18.9 Å². The van der Waals surface area contributed by atoms with E-state index < -0.39 is 5.97 Å². The van der Waals surface area contributed by atoms with Crippen LogP contribution in [0.25, 0.3) is 6.08 Å². The van der Waals surface area contributed by atoms with Gasteiger partial charge in [0.05, 0.1) is 24.9 Å². The van der Waals surface area contributed by atoms with Crippen molar-refractivity contribution >= 4 is 39.6 Å². The Labute approximate surface area is 188 Å². The van der Waals surface area contributed by atoms with Gasteiger partial charge >= 0.3 is 5.97 Å². The van der Waals surface area contributed by atoms with Gasteiger partial charge in [-0.15, -0.1) is 0 Å². The number of allylic oxidation sites excluding steroid dienone is 1. The Morgan fingerprint density at radius 3 is 2.52 bits per heavy atom. The summed E-state index contributed by atoms with van der Waals surface area (Å²) in [7, 11) is 1.29. The van der Waals surface area contributed by atoms with Gasteiger partial charge in [0, 0.05) is 15.9 Å². The Bertz CT molecular complexity index is 1120. The normalized spacial score (nSPS) is 16.3. The Hall–Kier alpha value is -3.26. The van der Waals surface area contributed by atoms with Crippen molar-refractivity contribution in [2.45, 2.75) is 13.8 Å². The molecular weight excluding hydrogens is 466 g/mol. The molecule has 0 fully saturated rings. The standard InChI is InChI=1S/C23H20BrNO6/c1-4-29-16-7-5-15(6-8-16)25-13(2)21(23(27)28-3)17(22(25)26)9-14-10-19-20(11-18(14)24)31-12-30-19/h5-11H,4,12H2,1-3H3/b17-9-. The molecule has 1 amide bonds. The highest BCUT2D eigenvalue weighted by Crippen LogP contribution is 2.40. The van der Waals surface area contributed by atoms with E-state index in [9.17, 15) is 9.59 Å². The highest BCUT2D eigenvalue weighted by atomic mass is 79.9. The third-order valence-corrected chi connectivity index (χ3v) is 5.67. The van der Waals surface area contributed by atoms with E-state index in [1.54, 1.807) is 49.4 Å². The zero-order valence-electron chi connectivity index (χ0n) is 17.2. The zero-order chi connectivity index (χ0) is 22.1. The Morgan fingerprint density at radius 2 is 1.87 bits per heavy atom. The molecule has 0 radical (unpaired) electrons. The number of hydrogen-bond donors (Lipinski definition) is 0. The first kappa shape index (κ1) is 21.0. The Balaban J connectivity index is 1.78. The SMILES string of the molecule is CCOc1ccc(N2C(=O)/C(=C\c3cc4c(cc3Br)OCO4)C(C(=O)OC)=C2C)cc1. The van der Waals surface area contributed by atoms with Crippen molar-refractivity contribution in [1.29, 1.82) is 0 Å². The molecule has 31 heavy (non-hydrogen) atoms. The van der Waals surface area contributed by atoms with Gasteiger partial charge in [-0.1, -0.05) is 15.9 Å². The van der Waals surface area contributed by atoms with E-state index in [4.69, 9.17) is 18.9 Å². The van der Waals surface area contributed by atoms with Crippen LogP contribution in [0, 0.1) is 0 Å². The molecule has 0 saturated carbocycles. The van der Waals surface area contributed by atoms with Gasteiger partial charge in [-0.25, -0.2) is 4.79 Å². The average molecular weight is 486 g/mol. The highest BCUT2D eigenvalue weighted by Gasteiger charge is 2.38. The summed E-state index contributed by atoms with van der Waals surface area (Å²) >= 11 is 3.50. The molecule has 8 heteroatoms. The summed E-state index contributed by atoms with van der Waals surface area (Å²) in [4.78, 5) is 27.5. The lowest BCUT2D eigenvalue weighted by molar-refractivity contribution is -0.136. The predicted molar refractivity (Wildman–Crippen MR) is 118 cm³/mol. The molecule has 2 heterocycles. The number of esters is 1. The maximum absolute atomic E-state index is 13.4. The summed E-state index contributed by atoms with van der Waals surface area (Å²) in [6.45, 7) is 4.30. The number of ether oxygens (including phenoxy) is 4. The number of rotatable bonds is 5. The molecule has 0 unspecified atom stereocenters. The van der Waals surface area contributed by atoms with Crippen molar-refractivity contribution in [2.24, 2.45) is 0 Å². The van der Waals surface area contributed by atoms with Crippen molar-refractivity contribution in [3.05, 3.63) is 63.3 Å². The molecule has 0 aromatic heterocycles. The van der Waals surface area contributed by atoms with Gasteiger partial charge in [0.15, 0.2) is 11.5 Å². The van der Waals surface area contributed by atoms with Crippen LogP contribution in [0.4, 0.5) is 5.69 Å². The fraction of sp³-hybridized carbons (Fsp3) is 0.217. The number of carbonyl (C=O) groups excluding carboxylic acids is 2. The van der Waals surface area contributed by atoms with Crippen molar-refractivity contribution in [1.82, 2.24) is 0 Å². The summed E-state index contributed by atoms with van der Waals surface area (Å²) in [6.07, 6.45) is 1.65. The molecule has 7 nitrogen and oxygen atoms in total. The minimum absolute atomic E-state index is 0.138. The molecule has 4 rings (SSSR count). The van der Waals surface area contributed by atoms with Crippen LogP contribution in [0.5, 0.6) is 17.2 Å². The van der Waals surface area contributed by atoms with Gasteiger partial charge in [-0.2, -0.15) is 0 Å². The fourth-order valence-corrected chi connectivity index (χ4v) is 3.98. The Kier molecular flexibility index (Phi) is 5.73. The number of methoxy groups -OCH3 is 1. The number of carbonyl (C=O) groups is 2. The predicted octanol–water partition coefficient (Wildman–Crippen LogP) is 4.45. The maximum Gasteiger partial charge on any atom is 0.340 e. The van der Waals surface area contributed by atoms with Gasteiger partial charge in [0.1, 0.15) is 5.75 Å². The van der Waals surface area contributed by atoms with Crippen LogP contribution in [0.1, 0.15) is 19.4 Å². The molecule has 0 bridgehead atoms. The summed E-state index contributed by atoms with van der Waals surface area (Å²) < 4.78 is 22.0. The number of benzene rings is 2. The third kappa shape index (κ3) is 3.79. The first-order valence-corrected chi connectivity index (χ1v) is 10.4. The molecule has 0 N–H and O–H groups in total. The van der Waals surface area contributed by atoms with Crippen LogP contribution in [0.3, 0.4) is 0 Å². The van der Waals surface area contributed by atoms with E-state index in [0.29, 0.717) is 45.3 Å². The second-order valence-electron chi connectivity index (χ2n) is 6.80. The van der Waals surface area contributed by atoms with Crippen molar-refractivity contribution in [2.75, 3.05) is 25.4 Å². The minimum atomic E-state index is -0.581. The molecule has 0 spiro atoms. The van der Waals surface area contributed by atoms with Crippen LogP contribution >= 0.6 is 15.9 Å². The smallest absolute Gasteiger partial charge is 0.340 e. The highest BCUT2D eigenvalue weighted by molar-refractivity contribution is 9.10. The van der Waals surface area contributed by atoms with Crippen LogP contribution in [-0.4, -0.2) is 32.4 Å². The van der Waals surface area contributed by atoms with E-state index in [-0.39, 0.29) is 23.8 Å². The molecule has 0 saturated heterocycles. The van der Waals surface area contributed by atoms with E-state index >= 15 is 0 Å². The maximum atomic E-state index is 13.4. The number of nitrogens with zero attached hydrogens (tertiary/aromatic N) is 1. The average Bonchev–Trinajstić information content (AvgIpc) is 3.30. The topological polar surface area (TPSA) is 74.3 Å². The van der Waals surface area contributed by atoms with E-state index in [1.165, 1.54) is 12.0 Å². The molecule has 2 aliphatic heterocycles. The van der Waals surface area contributed by atoms with E-state index in [0.717, 1.165) is 0 Å². The van der Waals surface area contributed by atoms with Gasteiger partial charge in [-0.3, -0.25) is 9.69 Å². The number of amides is 1. The van der Waals surface area contributed by atoms with Gasteiger partial charge in [0.25, 0.3) is 5.91 Å². The lowest BCUT2D eigenvalue weighted by Gasteiger charge is -2.18. The summed E-state index contributed by atoms with van der Waals surface area (Å²) in [5, 5.41) is 0. The lowest BCUT2D eigenvalue weighted by Crippen LogP contribution is -2.24. The third-order valence-electron chi connectivity index (χ3n) is 4.99. The number of halogens is 1. The molecule has 160 valence electrons. The number of hydrogen-bond acceptors (Lipinski definition) is 6. The van der Waals surface area contributed by atoms with E-state index in [2.05, 4.69) is 15.9 Å². The molecule has 2 aliphatic rings. The largest absolute Gasteiger partial charge is 0.494 e. The van der Waals surface area contributed by atoms with Crippen molar-refractivity contribution in [3.63, 3.8) is 0 Å². The number of anilines is 1. The molecule has 2 aromatic carbocycles. The summed E-state index contributed by atoms with van der Waals surface area (Å²) in [5.41, 5.74) is 2.24. The molecule has 2 aromatic rings. The fourth-order valence-electron chi connectivity index (χ4n) is 3.55. The van der Waals surface area contributed by atoms with Crippen LogP contribution < -0.4 is 19.1 Å². The van der Waals surface area contributed by atoms with Crippen LogP contribution in [-0.2, 0) is 14.3 Å². The summed E-state index contributed by atoms with van der Waals surface area (Å²) in [6, 6.07) is 10.7. The number of fused-ring (bicyclic) bond motifs is 1. The second kappa shape index (κ2) is 8.47. The van der Waals surface area contributed by atoms with E-state index in [1.807, 2.05) is 6.92 Å². The van der Waals surface area contributed by atoms with Gasteiger partial charge in [0.2, 0.25) is 6.79 Å².